The highest BCUT2D eigenvalue weighted by Gasteiger charge is 1.98. The van der Waals surface area contributed by atoms with E-state index in [9.17, 15) is 0 Å². The van der Waals surface area contributed by atoms with Crippen LogP contribution in [0, 0.1) is 20.8 Å². The Hall–Kier alpha value is -1.82. The average Bonchev–Trinajstić information content (AvgIpc) is 2.46. The fourth-order valence-corrected chi connectivity index (χ4v) is 1.86. The molecule has 0 atom stereocenters. The predicted molar refractivity (Wildman–Crippen MR) is 95.0 cm³/mol. The first-order valence-corrected chi connectivity index (χ1v) is 7.68. The lowest BCUT2D eigenvalue weighted by atomic mass is 10.00. The zero-order chi connectivity index (χ0) is 15.8. The second-order valence-corrected chi connectivity index (χ2v) is 5.89. The van der Waals surface area contributed by atoms with Crippen molar-refractivity contribution in [3.8, 4) is 0 Å². The quantitative estimate of drug-likeness (QED) is 0.589. The van der Waals surface area contributed by atoms with Gasteiger partial charge in [0.15, 0.2) is 0 Å². The monoisotopic (exact) mass is 280 g/mol. The van der Waals surface area contributed by atoms with Gasteiger partial charge in [-0.3, -0.25) is 0 Å². The van der Waals surface area contributed by atoms with Crippen LogP contribution < -0.4 is 0 Å². The summed E-state index contributed by atoms with van der Waals surface area (Å²) in [7, 11) is 0. The van der Waals surface area contributed by atoms with Crippen LogP contribution in [0.4, 0.5) is 0 Å². The van der Waals surface area contributed by atoms with Gasteiger partial charge in [-0.15, -0.1) is 6.58 Å². The third-order valence-corrected chi connectivity index (χ3v) is 3.70. The van der Waals surface area contributed by atoms with Gasteiger partial charge in [0.2, 0.25) is 0 Å². The smallest absolute Gasteiger partial charge is 0.00257 e. The maximum Gasteiger partial charge on any atom is -0.00257 e. The Balaban J connectivity index is 0.000000383. The molecule has 0 saturated carbocycles. The minimum Gasteiger partial charge on any atom is -0.100 e. The predicted octanol–water partition coefficient (Wildman–Crippen LogP) is 6.18. The van der Waals surface area contributed by atoms with Crippen LogP contribution in [0.2, 0.25) is 0 Å². The molecule has 0 saturated heterocycles. The van der Waals surface area contributed by atoms with E-state index in [1.165, 1.54) is 33.4 Å². The van der Waals surface area contributed by atoms with Crippen LogP contribution in [0.15, 0.2) is 54.6 Å². The van der Waals surface area contributed by atoms with E-state index >= 15 is 0 Å². The summed E-state index contributed by atoms with van der Waals surface area (Å²) in [5, 5.41) is 0. The number of rotatable bonds is 3. The highest BCUT2D eigenvalue weighted by molar-refractivity contribution is 5.34. The third-order valence-electron chi connectivity index (χ3n) is 3.70. The highest BCUT2D eigenvalue weighted by Crippen LogP contribution is 2.14. The van der Waals surface area contributed by atoms with E-state index in [0.717, 1.165) is 12.8 Å². The van der Waals surface area contributed by atoms with Gasteiger partial charge in [0, 0.05) is 0 Å². The number of aryl methyl sites for hydroxylation is 3. The van der Waals surface area contributed by atoms with Gasteiger partial charge in [0.25, 0.3) is 0 Å². The van der Waals surface area contributed by atoms with Crippen molar-refractivity contribution < 1.29 is 0 Å². The Morgan fingerprint density at radius 2 is 1.38 bits per heavy atom. The van der Waals surface area contributed by atoms with E-state index in [2.05, 4.69) is 76.7 Å². The van der Waals surface area contributed by atoms with E-state index < -0.39 is 0 Å². The summed E-state index contributed by atoms with van der Waals surface area (Å²) in [5.41, 5.74) is 8.10. The fraction of sp³-hybridized carbons (Fsp3) is 0.333. The molecule has 0 amide bonds. The van der Waals surface area contributed by atoms with Gasteiger partial charge < -0.3 is 0 Å². The summed E-state index contributed by atoms with van der Waals surface area (Å²) in [6.07, 6.45) is 2.14. The fourth-order valence-electron chi connectivity index (χ4n) is 1.86. The van der Waals surface area contributed by atoms with Crippen molar-refractivity contribution in [1.29, 1.82) is 0 Å². The number of hydrogen-bond donors (Lipinski definition) is 0. The minimum atomic E-state index is 1.03. The van der Waals surface area contributed by atoms with Gasteiger partial charge >= 0.3 is 0 Å². The largest absolute Gasteiger partial charge is 0.100 e. The SMILES string of the molecule is C=C(C)CC.Cc1ccc(Cc2ccc(C)c(C)c2)cc1. The Labute approximate surface area is 130 Å². The van der Waals surface area contributed by atoms with Gasteiger partial charge in [-0.25, -0.2) is 0 Å². The van der Waals surface area contributed by atoms with Gasteiger partial charge in [0.05, 0.1) is 0 Å². The molecule has 0 aliphatic rings. The van der Waals surface area contributed by atoms with Crippen LogP contribution in [-0.4, -0.2) is 0 Å². The van der Waals surface area contributed by atoms with Gasteiger partial charge in [-0.2, -0.15) is 0 Å². The minimum absolute atomic E-state index is 1.03. The van der Waals surface area contributed by atoms with Crippen LogP contribution in [0.25, 0.3) is 0 Å². The molecule has 0 aliphatic carbocycles. The topological polar surface area (TPSA) is 0 Å². The van der Waals surface area contributed by atoms with E-state index in [0.29, 0.717) is 0 Å². The maximum atomic E-state index is 3.67. The van der Waals surface area contributed by atoms with Crippen LogP contribution in [-0.2, 0) is 6.42 Å². The Bertz CT molecular complexity index is 573. The summed E-state index contributed by atoms with van der Waals surface area (Å²) >= 11 is 0. The van der Waals surface area contributed by atoms with Crippen LogP contribution in [0.1, 0.15) is 48.1 Å². The third kappa shape index (κ3) is 6.44. The van der Waals surface area contributed by atoms with Crippen LogP contribution in [0.3, 0.4) is 0 Å². The van der Waals surface area contributed by atoms with E-state index in [-0.39, 0.29) is 0 Å². The summed E-state index contributed by atoms with van der Waals surface area (Å²) < 4.78 is 0. The van der Waals surface area contributed by atoms with Crippen molar-refractivity contribution in [3.05, 3.63) is 82.4 Å². The first-order valence-electron chi connectivity index (χ1n) is 7.68. The summed E-state index contributed by atoms with van der Waals surface area (Å²) in [4.78, 5) is 0. The summed E-state index contributed by atoms with van der Waals surface area (Å²) in [5.74, 6) is 0. The molecule has 2 aromatic rings. The molecule has 0 N–H and O–H groups in total. The molecule has 0 aromatic heterocycles. The molecule has 2 aromatic carbocycles. The van der Waals surface area contributed by atoms with E-state index in [4.69, 9.17) is 0 Å². The van der Waals surface area contributed by atoms with Gasteiger partial charge in [-0.1, -0.05) is 60.5 Å². The van der Waals surface area contributed by atoms with Gasteiger partial charge in [-0.05, 0) is 62.8 Å². The Kier molecular flexibility index (Phi) is 6.94. The first kappa shape index (κ1) is 17.2. The van der Waals surface area contributed by atoms with Crippen molar-refractivity contribution in [2.45, 2.75) is 47.5 Å². The van der Waals surface area contributed by atoms with Crippen molar-refractivity contribution in [2.24, 2.45) is 0 Å². The van der Waals surface area contributed by atoms with Crippen molar-refractivity contribution >= 4 is 0 Å². The first-order chi connectivity index (χ1) is 9.92. The van der Waals surface area contributed by atoms with E-state index in [1.54, 1.807) is 0 Å². The molecular formula is C21H28. The molecule has 0 radical (unpaired) electrons. The van der Waals surface area contributed by atoms with E-state index in [1.807, 2.05) is 6.92 Å². The molecule has 0 unspecified atom stereocenters. The van der Waals surface area contributed by atoms with Crippen molar-refractivity contribution in [1.82, 2.24) is 0 Å². The molecule has 21 heavy (non-hydrogen) atoms. The lowest BCUT2D eigenvalue weighted by Gasteiger charge is -2.06. The average molecular weight is 280 g/mol. The Morgan fingerprint density at radius 3 is 1.86 bits per heavy atom. The van der Waals surface area contributed by atoms with Crippen LogP contribution in [0.5, 0.6) is 0 Å². The standard InChI is InChI=1S/C16H18.C5H10/c1-12-4-7-15(8-5-12)11-16-9-6-13(2)14(3)10-16;1-4-5(2)3/h4-10H,11H2,1-3H3;2,4H2,1,3H3. The normalized spacial score (nSPS) is 9.76. The number of hydrogen-bond acceptors (Lipinski definition) is 0. The Morgan fingerprint density at radius 1 is 0.857 bits per heavy atom. The molecule has 0 spiro atoms. The van der Waals surface area contributed by atoms with Crippen LogP contribution >= 0.6 is 0 Å². The van der Waals surface area contributed by atoms with Crippen molar-refractivity contribution in [3.63, 3.8) is 0 Å². The zero-order valence-corrected chi connectivity index (χ0v) is 14.2. The molecule has 0 heteroatoms. The molecule has 0 aliphatic heterocycles. The lowest BCUT2D eigenvalue weighted by Crippen LogP contribution is -1.90. The number of benzene rings is 2. The second kappa shape index (κ2) is 8.46. The molecular weight excluding hydrogens is 252 g/mol. The lowest BCUT2D eigenvalue weighted by molar-refractivity contribution is 1.11. The summed E-state index contributed by atoms with van der Waals surface area (Å²) in [6.45, 7) is 14.3. The van der Waals surface area contributed by atoms with Gasteiger partial charge in [0.1, 0.15) is 0 Å². The zero-order valence-electron chi connectivity index (χ0n) is 14.2. The van der Waals surface area contributed by atoms with Crippen molar-refractivity contribution in [2.75, 3.05) is 0 Å². The highest BCUT2D eigenvalue weighted by atomic mass is 14.0. The second-order valence-electron chi connectivity index (χ2n) is 5.89. The summed E-state index contributed by atoms with van der Waals surface area (Å²) in [6, 6.07) is 15.5. The molecule has 0 heterocycles. The maximum absolute atomic E-state index is 3.67. The molecule has 112 valence electrons. The molecule has 0 fully saturated rings. The molecule has 0 nitrogen and oxygen atoms in total. The number of allylic oxidation sites excluding steroid dienone is 1. The molecule has 0 bridgehead atoms. The molecule has 2 rings (SSSR count).